The molecule has 1 amide bonds. The lowest BCUT2D eigenvalue weighted by Gasteiger charge is -2.31. The molecule has 2 atom stereocenters. The molecule has 390 valence electrons. The minimum atomic E-state index is -0.594. The normalized spacial score (nSPS) is 14.0. The van der Waals surface area contributed by atoms with Gasteiger partial charge in [-0.3, -0.25) is 4.79 Å². The Labute approximate surface area is 449 Å². The molecule has 0 fully saturated rings. The smallest absolute Gasteiger partial charge is 0.248 e. The maximum absolute atomic E-state index is 14.1. The van der Waals surface area contributed by atoms with Crippen LogP contribution in [0.5, 0.6) is 11.5 Å². The van der Waals surface area contributed by atoms with Crippen molar-refractivity contribution in [2.24, 2.45) is 5.41 Å². The zero-order valence-electron chi connectivity index (χ0n) is 41.0. The largest absolute Gasteiger partial charge is 0.489 e. The molecule has 11 heteroatoms. The molecule has 0 bridgehead atoms. The Morgan fingerprint density at radius 2 is 1.47 bits per heavy atom. The third-order valence-corrected chi connectivity index (χ3v) is 13.3. The van der Waals surface area contributed by atoms with E-state index in [1.54, 1.807) is 25.2 Å². The lowest BCUT2D eigenvalue weighted by molar-refractivity contribution is -0.130. The monoisotopic (exact) mass is 1010 g/mol. The number of hydrogen-bond acceptors (Lipinski definition) is 10. The van der Waals surface area contributed by atoms with Crippen LogP contribution in [0.1, 0.15) is 99.8 Å². The summed E-state index contributed by atoms with van der Waals surface area (Å²) in [5, 5.41) is 33.0. The fraction of sp³-hybridized carbons (Fsp3) is 0.246. The molecule has 9 rings (SSSR count). The molecule has 11 nitrogen and oxygen atoms in total. The van der Waals surface area contributed by atoms with Gasteiger partial charge in [-0.2, -0.15) is 10.5 Å². The van der Waals surface area contributed by atoms with E-state index < -0.39 is 5.41 Å². The zero-order valence-corrected chi connectivity index (χ0v) is 41.0. The SMILES string of the molecule is C.C.C.C.CCC(C)(CC(C)c1ccc(COc2ccc(-c3nnc(-c4cccc5ccccc45)o3)cc2)cc1)C(=O)NCCN(c1ccccc1)c1ccc2c(c1)O/C(=C/C1=CC(=C(C#N)C#N)C=C(C)O1)C=C2C. The maximum Gasteiger partial charge on any atom is 0.248 e. The van der Waals surface area contributed by atoms with Gasteiger partial charge in [-0.15, -0.1) is 10.2 Å². The topological polar surface area (TPSA) is 147 Å². The van der Waals surface area contributed by atoms with Gasteiger partial charge in [0.1, 0.15) is 53.1 Å². The number of anilines is 2. The van der Waals surface area contributed by atoms with E-state index in [-0.39, 0.29) is 47.1 Å². The third kappa shape index (κ3) is 13.0. The van der Waals surface area contributed by atoms with Crippen LogP contribution in [0.4, 0.5) is 11.4 Å². The molecule has 7 aromatic rings. The molecule has 2 unspecified atom stereocenters. The van der Waals surface area contributed by atoms with Crippen molar-refractivity contribution in [3.63, 3.8) is 0 Å². The van der Waals surface area contributed by atoms with Crippen LogP contribution < -0.4 is 19.7 Å². The average molecular weight is 1020 g/mol. The summed E-state index contributed by atoms with van der Waals surface area (Å²) in [7, 11) is 0. The Morgan fingerprint density at radius 3 is 2.20 bits per heavy atom. The minimum absolute atomic E-state index is 0. The molecule has 2 aliphatic heterocycles. The van der Waals surface area contributed by atoms with Crippen molar-refractivity contribution in [2.45, 2.75) is 89.7 Å². The van der Waals surface area contributed by atoms with Gasteiger partial charge in [-0.05, 0) is 133 Å². The number of nitrogens with one attached hydrogen (secondary N) is 1. The zero-order chi connectivity index (χ0) is 50.2. The quantitative estimate of drug-likeness (QED) is 0.0928. The molecule has 6 aromatic carbocycles. The maximum atomic E-state index is 14.1. The lowest BCUT2D eigenvalue weighted by Crippen LogP contribution is -2.42. The number of nitrogens with zero attached hydrogens (tertiary/aromatic N) is 5. The molecular formula is C65H70N6O5. The summed E-state index contributed by atoms with van der Waals surface area (Å²) in [6.45, 7) is 11.5. The number of carbonyl (C=O) groups is 1. The molecule has 2 aliphatic rings. The lowest BCUT2D eigenvalue weighted by atomic mass is 9.76. The third-order valence-electron chi connectivity index (χ3n) is 13.3. The second-order valence-electron chi connectivity index (χ2n) is 18.4. The number of para-hydroxylation sites is 1. The van der Waals surface area contributed by atoms with E-state index >= 15 is 0 Å². The van der Waals surface area contributed by atoms with Gasteiger partial charge in [0.25, 0.3) is 0 Å². The number of ether oxygens (including phenoxy) is 3. The summed E-state index contributed by atoms with van der Waals surface area (Å²) >= 11 is 0. The first-order valence-electron chi connectivity index (χ1n) is 24.1. The number of allylic oxidation sites excluding steroid dienone is 8. The second-order valence-corrected chi connectivity index (χ2v) is 18.4. The number of benzene rings is 6. The molecule has 0 spiro atoms. The van der Waals surface area contributed by atoms with Gasteiger partial charge in [0.2, 0.25) is 17.7 Å². The molecule has 0 saturated carbocycles. The summed E-state index contributed by atoms with van der Waals surface area (Å²) in [6, 6.07) is 50.4. The highest BCUT2D eigenvalue weighted by molar-refractivity contribution is 5.94. The number of aromatic nitrogens is 2. The highest BCUT2D eigenvalue weighted by Crippen LogP contribution is 2.40. The number of amides is 1. The van der Waals surface area contributed by atoms with Crippen LogP contribution in [-0.2, 0) is 16.1 Å². The number of carbonyl (C=O) groups excluding carboxylic acids is 1. The first-order valence-corrected chi connectivity index (χ1v) is 24.1. The minimum Gasteiger partial charge on any atom is -0.489 e. The van der Waals surface area contributed by atoms with Crippen molar-refractivity contribution in [3.8, 4) is 46.5 Å². The van der Waals surface area contributed by atoms with E-state index in [0.717, 1.165) is 61.3 Å². The fourth-order valence-corrected chi connectivity index (χ4v) is 9.14. The summed E-state index contributed by atoms with van der Waals surface area (Å²) in [5.41, 5.74) is 7.65. The van der Waals surface area contributed by atoms with Gasteiger partial charge in [0, 0.05) is 64.3 Å². The summed E-state index contributed by atoms with van der Waals surface area (Å²) in [4.78, 5) is 16.3. The van der Waals surface area contributed by atoms with E-state index in [2.05, 4.69) is 102 Å². The molecule has 0 aliphatic carbocycles. The van der Waals surface area contributed by atoms with Crippen LogP contribution in [-0.4, -0.2) is 29.2 Å². The van der Waals surface area contributed by atoms with Gasteiger partial charge in [0.15, 0.2) is 0 Å². The number of hydrogen-bond donors (Lipinski definition) is 1. The molecule has 76 heavy (non-hydrogen) atoms. The van der Waals surface area contributed by atoms with Crippen molar-refractivity contribution in [2.75, 3.05) is 18.0 Å². The Bertz CT molecular complexity index is 3370. The Balaban J connectivity index is 0.00000267. The Morgan fingerprint density at radius 1 is 0.776 bits per heavy atom. The van der Waals surface area contributed by atoms with Crippen molar-refractivity contribution >= 4 is 33.6 Å². The predicted molar refractivity (Wildman–Crippen MR) is 308 cm³/mol. The predicted octanol–water partition coefficient (Wildman–Crippen LogP) is 16.4. The van der Waals surface area contributed by atoms with Crippen LogP contribution in [0.2, 0.25) is 0 Å². The highest BCUT2D eigenvalue weighted by atomic mass is 16.5. The van der Waals surface area contributed by atoms with Gasteiger partial charge in [-0.25, -0.2) is 0 Å². The summed E-state index contributed by atoms with van der Waals surface area (Å²) < 4.78 is 24.7. The number of rotatable bonds is 16. The number of nitriles is 2. The molecule has 0 radical (unpaired) electrons. The number of fused-ring (bicyclic) bond motifs is 2. The van der Waals surface area contributed by atoms with Crippen LogP contribution in [0, 0.1) is 28.1 Å². The first-order chi connectivity index (χ1) is 35.0. The Kier molecular flexibility index (Phi) is 19.7. The average Bonchev–Trinajstić information content (AvgIpc) is 3.90. The summed E-state index contributed by atoms with van der Waals surface area (Å²) in [6.07, 6.45) is 8.39. The van der Waals surface area contributed by atoms with Crippen LogP contribution in [0.3, 0.4) is 0 Å². The van der Waals surface area contributed by atoms with Gasteiger partial charge < -0.3 is 28.8 Å². The molecule has 1 N–H and O–H groups in total. The van der Waals surface area contributed by atoms with Crippen molar-refractivity contribution < 1.29 is 23.4 Å². The van der Waals surface area contributed by atoms with Crippen molar-refractivity contribution in [3.05, 3.63) is 209 Å². The van der Waals surface area contributed by atoms with Gasteiger partial charge in [0.05, 0.1) is 0 Å². The van der Waals surface area contributed by atoms with Gasteiger partial charge in [-0.1, -0.05) is 129 Å². The van der Waals surface area contributed by atoms with Crippen molar-refractivity contribution in [1.29, 1.82) is 10.5 Å². The summed E-state index contributed by atoms with van der Waals surface area (Å²) in [5.74, 6) is 4.05. The second kappa shape index (κ2) is 25.8. The van der Waals surface area contributed by atoms with E-state index in [1.807, 2.05) is 104 Å². The van der Waals surface area contributed by atoms with E-state index in [9.17, 15) is 15.3 Å². The van der Waals surface area contributed by atoms with E-state index in [1.165, 1.54) is 0 Å². The van der Waals surface area contributed by atoms with Crippen LogP contribution >= 0.6 is 0 Å². The molecule has 1 aromatic heterocycles. The van der Waals surface area contributed by atoms with Crippen LogP contribution in [0.15, 0.2) is 197 Å². The fourth-order valence-electron chi connectivity index (χ4n) is 9.14. The van der Waals surface area contributed by atoms with Crippen molar-refractivity contribution in [1.82, 2.24) is 15.5 Å². The molecular weight excluding hydrogens is 945 g/mol. The molecule has 3 heterocycles. The van der Waals surface area contributed by atoms with E-state index in [4.69, 9.17) is 18.6 Å². The first kappa shape index (κ1) is 58.0. The van der Waals surface area contributed by atoms with E-state index in [0.29, 0.717) is 72.9 Å². The highest BCUT2D eigenvalue weighted by Gasteiger charge is 2.33. The van der Waals surface area contributed by atoms with Crippen LogP contribution in [0.25, 0.3) is 39.3 Å². The molecule has 0 saturated heterocycles. The standard InChI is InChI=1S/C61H54N6O5.4CH4/c1-6-61(5,36-41(3)44-21-19-43(20-22-44)39-69-51-26-23-46(24-27-51)58-65-66-59(72-58)56-18-12-14-45-13-10-11-17-55(45)56)60(68)64-29-30-67(49-15-8-7-9-16-49)50-25-28-54-40(2)31-52(71-57(54)34-50)35-53-33-47(32-42(4)70-53)48(37-62)38-63;;;;/h7-28,31-35,41H,6,29-30,36,39H2,1-5H3,(H,64,68);4*1H4/b52-35+;;;;. The van der Waals surface area contributed by atoms with Gasteiger partial charge >= 0.3 is 0 Å². The Hall–Kier alpha value is -8.93.